The number of halogens is 1. The number of hydrogen-bond acceptors (Lipinski definition) is 4. The van der Waals surface area contributed by atoms with Gasteiger partial charge in [0.25, 0.3) is 5.91 Å². The van der Waals surface area contributed by atoms with E-state index in [2.05, 4.69) is 17.2 Å². The maximum Gasteiger partial charge on any atom is 0.264 e. The molecule has 1 atom stereocenters. The van der Waals surface area contributed by atoms with Crippen LogP contribution in [-0.4, -0.2) is 17.2 Å². The number of ether oxygens (including phenoxy) is 1. The van der Waals surface area contributed by atoms with Crippen LogP contribution in [0.3, 0.4) is 0 Å². The number of aliphatic imine (C=N–C) groups is 1. The normalized spacial score (nSPS) is 18.2. The second kappa shape index (κ2) is 8.43. The van der Waals surface area contributed by atoms with E-state index in [1.54, 1.807) is 12.1 Å². The quantitative estimate of drug-likeness (QED) is 0.699. The summed E-state index contributed by atoms with van der Waals surface area (Å²) >= 11 is 7.61. The lowest BCUT2D eigenvalue weighted by molar-refractivity contribution is -0.115. The van der Waals surface area contributed by atoms with E-state index >= 15 is 0 Å². The third-order valence-corrected chi connectivity index (χ3v) is 5.00. The van der Waals surface area contributed by atoms with Crippen LogP contribution in [0.15, 0.2) is 58.4 Å². The van der Waals surface area contributed by atoms with E-state index in [4.69, 9.17) is 16.3 Å². The maximum atomic E-state index is 12.2. The van der Waals surface area contributed by atoms with E-state index < -0.39 is 0 Å². The van der Waals surface area contributed by atoms with Crippen molar-refractivity contribution in [2.75, 3.05) is 0 Å². The SMILES string of the molecule is CCC(C)Oc1ccc(C=C2SC(=Nc3ccccc3)NC2=O)cc1Cl. The van der Waals surface area contributed by atoms with Crippen molar-refractivity contribution in [3.8, 4) is 5.75 Å². The predicted octanol–water partition coefficient (Wildman–Crippen LogP) is 5.41. The first-order valence-electron chi connectivity index (χ1n) is 8.36. The van der Waals surface area contributed by atoms with Crippen LogP contribution in [0.4, 0.5) is 5.69 Å². The highest BCUT2D eigenvalue weighted by Crippen LogP contribution is 2.31. The first-order valence-corrected chi connectivity index (χ1v) is 9.55. The van der Waals surface area contributed by atoms with Crippen LogP contribution in [-0.2, 0) is 4.79 Å². The van der Waals surface area contributed by atoms with Crippen LogP contribution in [0, 0.1) is 0 Å². The number of thioether (sulfide) groups is 1. The third-order valence-electron chi connectivity index (χ3n) is 3.79. The minimum Gasteiger partial charge on any atom is -0.489 e. The van der Waals surface area contributed by atoms with Crippen LogP contribution in [0.5, 0.6) is 5.75 Å². The maximum absolute atomic E-state index is 12.2. The van der Waals surface area contributed by atoms with Crippen molar-refractivity contribution in [1.29, 1.82) is 0 Å². The van der Waals surface area contributed by atoms with Crippen molar-refractivity contribution in [3.05, 3.63) is 64.0 Å². The number of para-hydroxylation sites is 1. The van der Waals surface area contributed by atoms with Gasteiger partial charge >= 0.3 is 0 Å². The molecule has 0 aliphatic carbocycles. The number of hydrogen-bond donors (Lipinski definition) is 1. The Morgan fingerprint density at radius 1 is 1.27 bits per heavy atom. The molecule has 0 bridgehead atoms. The smallest absolute Gasteiger partial charge is 0.264 e. The molecular formula is C20H19ClN2O2S. The van der Waals surface area contributed by atoms with Gasteiger partial charge in [0.05, 0.1) is 21.7 Å². The summed E-state index contributed by atoms with van der Waals surface area (Å²) in [6.45, 7) is 4.06. The molecule has 2 aromatic carbocycles. The second-order valence-corrected chi connectivity index (χ2v) is 7.28. The van der Waals surface area contributed by atoms with E-state index in [0.717, 1.165) is 17.7 Å². The van der Waals surface area contributed by atoms with E-state index in [-0.39, 0.29) is 12.0 Å². The van der Waals surface area contributed by atoms with Crippen molar-refractivity contribution >= 4 is 46.2 Å². The zero-order valence-corrected chi connectivity index (χ0v) is 16.1. The van der Waals surface area contributed by atoms with Crippen molar-refractivity contribution in [2.24, 2.45) is 4.99 Å². The molecule has 1 saturated heterocycles. The number of nitrogens with zero attached hydrogens (tertiary/aromatic N) is 1. The van der Waals surface area contributed by atoms with Crippen molar-refractivity contribution in [2.45, 2.75) is 26.4 Å². The van der Waals surface area contributed by atoms with E-state index in [9.17, 15) is 4.79 Å². The highest BCUT2D eigenvalue weighted by Gasteiger charge is 2.23. The molecule has 1 aliphatic heterocycles. The molecule has 3 rings (SSSR count). The molecule has 2 aromatic rings. The molecule has 1 amide bonds. The fourth-order valence-corrected chi connectivity index (χ4v) is 3.33. The van der Waals surface area contributed by atoms with Gasteiger partial charge in [0.2, 0.25) is 0 Å². The Labute approximate surface area is 162 Å². The van der Waals surface area contributed by atoms with Crippen LogP contribution in [0.25, 0.3) is 6.08 Å². The standard InChI is InChI=1S/C20H19ClN2O2S/c1-3-13(2)25-17-10-9-14(11-16(17)21)12-18-19(24)23-20(26-18)22-15-7-5-4-6-8-15/h4-13H,3H2,1-2H3,(H,22,23,24). The highest BCUT2D eigenvalue weighted by atomic mass is 35.5. The number of nitrogens with one attached hydrogen (secondary N) is 1. The summed E-state index contributed by atoms with van der Waals surface area (Å²) in [6, 6.07) is 15.0. The van der Waals surface area contributed by atoms with Crippen LogP contribution in [0.1, 0.15) is 25.8 Å². The Bertz CT molecular complexity index is 865. The molecule has 0 spiro atoms. The molecule has 1 aliphatic rings. The lowest BCUT2D eigenvalue weighted by Gasteiger charge is -2.14. The highest BCUT2D eigenvalue weighted by molar-refractivity contribution is 8.18. The van der Waals surface area contributed by atoms with E-state index in [1.807, 2.05) is 49.4 Å². The Balaban J connectivity index is 1.76. The summed E-state index contributed by atoms with van der Waals surface area (Å²) < 4.78 is 5.77. The Morgan fingerprint density at radius 3 is 2.73 bits per heavy atom. The molecule has 134 valence electrons. The van der Waals surface area contributed by atoms with Gasteiger partial charge < -0.3 is 10.1 Å². The van der Waals surface area contributed by atoms with Crippen LogP contribution >= 0.6 is 23.4 Å². The van der Waals surface area contributed by atoms with Gasteiger partial charge in [-0.05, 0) is 61.0 Å². The summed E-state index contributed by atoms with van der Waals surface area (Å²) in [6.07, 6.45) is 2.80. The van der Waals surface area contributed by atoms with E-state index in [0.29, 0.717) is 20.8 Å². The average molecular weight is 387 g/mol. The average Bonchev–Trinajstić information content (AvgIpc) is 2.97. The summed E-state index contributed by atoms with van der Waals surface area (Å²) in [7, 11) is 0. The predicted molar refractivity (Wildman–Crippen MR) is 109 cm³/mol. The minimum atomic E-state index is -0.166. The van der Waals surface area contributed by atoms with Gasteiger partial charge in [-0.3, -0.25) is 4.79 Å². The van der Waals surface area contributed by atoms with Crippen molar-refractivity contribution in [1.82, 2.24) is 5.32 Å². The molecule has 1 N–H and O–H groups in total. The Kier molecular flexibility index (Phi) is 6.01. The van der Waals surface area contributed by atoms with Crippen LogP contribution in [0.2, 0.25) is 5.02 Å². The number of amides is 1. The third kappa shape index (κ3) is 4.68. The number of amidine groups is 1. The van der Waals surface area contributed by atoms with Crippen molar-refractivity contribution < 1.29 is 9.53 Å². The summed E-state index contributed by atoms with van der Waals surface area (Å²) in [5.41, 5.74) is 1.64. The zero-order chi connectivity index (χ0) is 18.5. The lowest BCUT2D eigenvalue weighted by Crippen LogP contribution is -2.19. The fraction of sp³-hybridized carbons (Fsp3) is 0.200. The second-order valence-electron chi connectivity index (χ2n) is 5.84. The Morgan fingerprint density at radius 2 is 2.04 bits per heavy atom. The first-order chi connectivity index (χ1) is 12.5. The fourth-order valence-electron chi connectivity index (χ4n) is 2.25. The number of benzene rings is 2. The van der Waals surface area contributed by atoms with Crippen LogP contribution < -0.4 is 10.1 Å². The molecular weight excluding hydrogens is 368 g/mol. The summed E-state index contributed by atoms with van der Waals surface area (Å²) in [5, 5.41) is 3.87. The molecule has 1 fully saturated rings. The summed E-state index contributed by atoms with van der Waals surface area (Å²) in [4.78, 5) is 17.2. The van der Waals surface area contributed by atoms with E-state index in [1.165, 1.54) is 11.8 Å². The number of carbonyl (C=O) groups excluding carboxylic acids is 1. The Hall–Kier alpha value is -2.24. The zero-order valence-electron chi connectivity index (χ0n) is 14.5. The molecule has 1 heterocycles. The number of carbonyl (C=O) groups is 1. The van der Waals surface area contributed by atoms with Gasteiger partial charge in [-0.15, -0.1) is 0 Å². The van der Waals surface area contributed by atoms with Gasteiger partial charge in [0.1, 0.15) is 5.75 Å². The molecule has 1 unspecified atom stereocenters. The monoisotopic (exact) mass is 386 g/mol. The molecule has 0 radical (unpaired) electrons. The van der Waals surface area contributed by atoms with Gasteiger partial charge in [0, 0.05) is 0 Å². The van der Waals surface area contributed by atoms with Gasteiger partial charge in [-0.2, -0.15) is 0 Å². The topological polar surface area (TPSA) is 50.7 Å². The number of rotatable bonds is 5. The van der Waals surface area contributed by atoms with Gasteiger partial charge in [-0.25, -0.2) is 4.99 Å². The van der Waals surface area contributed by atoms with Crippen molar-refractivity contribution in [3.63, 3.8) is 0 Å². The lowest BCUT2D eigenvalue weighted by atomic mass is 10.2. The molecule has 6 heteroatoms. The summed E-state index contributed by atoms with van der Waals surface area (Å²) in [5.74, 6) is 0.485. The largest absolute Gasteiger partial charge is 0.489 e. The molecule has 0 aromatic heterocycles. The molecule has 4 nitrogen and oxygen atoms in total. The minimum absolute atomic E-state index is 0.102. The van der Waals surface area contributed by atoms with Gasteiger partial charge in [-0.1, -0.05) is 42.8 Å². The van der Waals surface area contributed by atoms with Gasteiger partial charge in [0.15, 0.2) is 5.17 Å². The first kappa shape index (κ1) is 18.5. The molecule has 26 heavy (non-hydrogen) atoms. The molecule has 0 saturated carbocycles.